The number of carboxylic acid groups (broad SMARTS) is 1. The van der Waals surface area contributed by atoms with Crippen molar-refractivity contribution in [3.63, 3.8) is 0 Å². The van der Waals surface area contributed by atoms with E-state index in [0.29, 0.717) is 10.6 Å². The van der Waals surface area contributed by atoms with Crippen LogP contribution in [-0.2, 0) is 4.79 Å². The molecule has 0 saturated heterocycles. The fraction of sp³-hybridized carbons (Fsp3) is 0.176. The number of carbonyl (C=O) groups excluding carboxylic acids is 1. The fourth-order valence-corrected chi connectivity index (χ4v) is 2.16. The molecule has 2 aromatic carbocycles. The van der Waals surface area contributed by atoms with Crippen molar-refractivity contribution in [2.75, 3.05) is 0 Å². The Balaban J connectivity index is 2.40. The van der Waals surface area contributed by atoms with Crippen LogP contribution in [0.5, 0.6) is 5.75 Å². The predicted molar refractivity (Wildman–Crippen MR) is 83.7 cm³/mol. The predicted octanol–water partition coefficient (Wildman–Crippen LogP) is 3.81. The number of rotatable bonds is 6. The second-order valence-corrected chi connectivity index (χ2v) is 5.13. The van der Waals surface area contributed by atoms with E-state index in [2.05, 4.69) is 0 Å². The Hall–Kier alpha value is -2.33. The van der Waals surface area contributed by atoms with Gasteiger partial charge in [-0.15, -0.1) is 0 Å². The minimum absolute atomic E-state index is 0.215. The van der Waals surface area contributed by atoms with Crippen molar-refractivity contribution < 1.29 is 19.4 Å². The summed E-state index contributed by atoms with van der Waals surface area (Å²) in [5, 5.41) is 9.48. The molecule has 0 bridgehead atoms. The van der Waals surface area contributed by atoms with E-state index in [1.807, 2.05) is 6.07 Å². The number of ether oxygens (including phenoxy) is 1. The van der Waals surface area contributed by atoms with E-state index in [0.717, 1.165) is 0 Å². The van der Waals surface area contributed by atoms with Crippen molar-refractivity contribution in [2.45, 2.75) is 19.4 Å². The minimum atomic E-state index is -1.07. The van der Waals surface area contributed by atoms with Crippen LogP contribution >= 0.6 is 11.6 Å². The van der Waals surface area contributed by atoms with Gasteiger partial charge in [-0.2, -0.15) is 0 Å². The summed E-state index contributed by atoms with van der Waals surface area (Å²) in [6, 6.07) is 13.2. The smallest absolute Gasteiger partial charge is 0.344 e. The molecule has 2 aromatic rings. The number of ketones is 1. The largest absolute Gasteiger partial charge is 0.479 e. The highest BCUT2D eigenvalue weighted by Gasteiger charge is 2.21. The van der Waals surface area contributed by atoms with Crippen molar-refractivity contribution in [2.24, 2.45) is 0 Å². The molecule has 0 spiro atoms. The lowest BCUT2D eigenvalue weighted by molar-refractivity contribution is -0.145. The van der Waals surface area contributed by atoms with Crippen LogP contribution < -0.4 is 4.74 Å². The molecule has 1 atom stereocenters. The van der Waals surface area contributed by atoms with Gasteiger partial charge in [0.1, 0.15) is 5.75 Å². The molecular formula is C17H15ClO4. The number of aliphatic carboxylic acids is 1. The normalized spacial score (nSPS) is 11.7. The summed E-state index contributed by atoms with van der Waals surface area (Å²) in [6.07, 6.45) is -0.722. The zero-order chi connectivity index (χ0) is 16.1. The van der Waals surface area contributed by atoms with Gasteiger partial charge in [-0.05, 0) is 24.6 Å². The van der Waals surface area contributed by atoms with Gasteiger partial charge in [0.15, 0.2) is 11.9 Å². The zero-order valence-electron chi connectivity index (χ0n) is 12.0. The maximum Gasteiger partial charge on any atom is 0.344 e. The molecule has 0 aliphatic carbocycles. The first-order valence-electron chi connectivity index (χ1n) is 6.81. The molecule has 0 heterocycles. The van der Waals surface area contributed by atoms with Gasteiger partial charge in [0.2, 0.25) is 0 Å². The van der Waals surface area contributed by atoms with Gasteiger partial charge in [-0.1, -0.05) is 48.9 Å². The van der Waals surface area contributed by atoms with Crippen LogP contribution in [0.2, 0.25) is 5.02 Å². The van der Waals surface area contributed by atoms with Gasteiger partial charge < -0.3 is 9.84 Å². The van der Waals surface area contributed by atoms with Gasteiger partial charge in [-0.3, -0.25) is 4.79 Å². The molecule has 22 heavy (non-hydrogen) atoms. The van der Waals surface area contributed by atoms with E-state index >= 15 is 0 Å². The molecular weight excluding hydrogens is 304 g/mol. The van der Waals surface area contributed by atoms with Crippen molar-refractivity contribution in [1.82, 2.24) is 0 Å². The third-order valence-corrected chi connectivity index (χ3v) is 3.37. The summed E-state index contributed by atoms with van der Waals surface area (Å²) in [5.74, 6) is -1.12. The van der Waals surface area contributed by atoms with Crippen molar-refractivity contribution >= 4 is 23.4 Å². The molecule has 5 heteroatoms. The molecule has 0 aliphatic heterocycles. The van der Waals surface area contributed by atoms with Gasteiger partial charge in [0, 0.05) is 10.6 Å². The number of benzene rings is 2. The number of halogens is 1. The summed E-state index contributed by atoms with van der Waals surface area (Å²) in [6.45, 7) is 1.70. The fourth-order valence-electron chi connectivity index (χ4n) is 1.99. The third kappa shape index (κ3) is 3.65. The number of carboxylic acids is 1. The Bertz CT molecular complexity index is 682. The molecule has 114 valence electrons. The molecule has 0 aromatic heterocycles. The van der Waals surface area contributed by atoms with Crippen LogP contribution in [-0.4, -0.2) is 23.0 Å². The molecule has 1 N–H and O–H groups in total. The van der Waals surface area contributed by atoms with Crippen LogP contribution in [0, 0.1) is 0 Å². The summed E-state index contributed by atoms with van der Waals surface area (Å²) in [4.78, 5) is 23.7. The molecule has 0 saturated carbocycles. The minimum Gasteiger partial charge on any atom is -0.479 e. The first kappa shape index (κ1) is 16.0. The van der Waals surface area contributed by atoms with Gasteiger partial charge >= 0.3 is 5.97 Å². The summed E-state index contributed by atoms with van der Waals surface area (Å²) in [5.41, 5.74) is 0.733. The molecule has 0 fully saturated rings. The molecule has 0 aliphatic rings. The lowest BCUT2D eigenvalue weighted by Gasteiger charge is -2.16. The Morgan fingerprint density at radius 1 is 1.18 bits per heavy atom. The average Bonchev–Trinajstić information content (AvgIpc) is 2.53. The van der Waals surface area contributed by atoms with E-state index < -0.39 is 12.1 Å². The van der Waals surface area contributed by atoms with Crippen molar-refractivity contribution in [3.05, 3.63) is 64.7 Å². The van der Waals surface area contributed by atoms with Crippen LogP contribution in [0.25, 0.3) is 0 Å². The Labute approximate surface area is 133 Å². The molecule has 4 nitrogen and oxygen atoms in total. The Morgan fingerprint density at radius 2 is 1.86 bits per heavy atom. The molecule has 0 radical (unpaired) electrons. The summed E-state index contributed by atoms with van der Waals surface area (Å²) < 4.78 is 5.47. The first-order valence-corrected chi connectivity index (χ1v) is 7.19. The number of carbonyl (C=O) groups is 2. The lowest BCUT2D eigenvalue weighted by Crippen LogP contribution is -2.26. The van der Waals surface area contributed by atoms with Crippen LogP contribution in [0.15, 0.2) is 48.5 Å². The highest BCUT2D eigenvalue weighted by molar-refractivity contribution is 6.31. The first-order chi connectivity index (χ1) is 10.5. The van der Waals surface area contributed by atoms with E-state index in [1.54, 1.807) is 37.3 Å². The maximum absolute atomic E-state index is 12.6. The maximum atomic E-state index is 12.6. The second kappa shape index (κ2) is 7.09. The van der Waals surface area contributed by atoms with Crippen molar-refractivity contribution in [3.8, 4) is 5.75 Å². The Morgan fingerprint density at radius 3 is 2.45 bits per heavy atom. The molecule has 2 rings (SSSR count). The van der Waals surface area contributed by atoms with Crippen LogP contribution in [0.3, 0.4) is 0 Å². The standard InChI is InChI=1S/C17H15ClO4/c1-2-14(17(20)21)22-15-9-8-12(18)10-13(15)16(19)11-6-4-3-5-7-11/h3-10,14H,2H2,1H3,(H,20,21). The Kier molecular flexibility index (Phi) is 5.17. The molecule has 1 unspecified atom stereocenters. The molecule has 0 amide bonds. The van der Waals surface area contributed by atoms with Crippen molar-refractivity contribution in [1.29, 1.82) is 0 Å². The lowest BCUT2D eigenvalue weighted by atomic mass is 10.0. The van der Waals surface area contributed by atoms with E-state index in [9.17, 15) is 9.59 Å². The third-order valence-electron chi connectivity index (χ3n) is 3.14. The second-order valence-electron chi connectivity index (χ2n) is 4.69. The van der Waals surface area contributed by atoms with E-state index in [-0.39, 0.29) is 23.5 Å². The number of hydrogen-bond donors (Lipinski definition) is 1. The monoisotopic (exact) mass is 318 g/mol. The van der Waals surface area contributed by atoms with Crippen LogP contribution in [0.1, 0.15) is 29.3 Å². The SMILES string of the molecule is CCC(Oc1ccc(Cl)cc1C(=O)c1ccccc1)C(=O)O. The quantitative estimate of drug-likeness (QED) is 0.822. The van der Waals surface area contributed by atoms with Gasteiger partial charge in [-0.25, -0.2) is 4.79 Å². The van der Waals surface area contributed by atoms with Gasteiger partial charge in [0.05, 0.1) is 5.56 Å². The zero-order valence-corrected chi connectivity index (χ0v) is 12.7. The summed E-state index contributed by atoms with van der Waals surface area (Å²) >= 11 is 5.96. The number of hydrogen-bond acceptors (Lipinski definition) is 3. The highest BCUT2D eigenvalue weighted by Crippen LogP contribution is 2.27. The summed E-state index contributed by atoms with van der Waals surface area (Å²) in [7, 11) is 0. The topological polar surface area (TPSA) is 63.6 Å². The van der Waals surface area contributed by atoms with Gasteiger partial charge in [0.25, 0.3) is 0 Å². The van der Waals surface area contributed by atoms with Crippen LogP contribution in [0.4, 0.5) is 0 Å². The highest BCUT2D eigenvalue weighted by atomic mass is 35.5. The van der Waals surface area contributed by atoms with E-state index in [1.165, 1.54) is 12.1 Å². The average molecular weight is 319 g/mol. The van der Waals surface area contributed by atoms with E-state index in [4.69, 9.17) is 21.4 Å².